The van der Waals surface area contributed by atoms with Gasteiger partial charge >= 0.3 is 0 Å². The molecule has 0 aliphatic heterocycles. The maximum Gasteiger partial charge on any atom is 0.222 e. The van der Waals surface area contributed by atoms with Crippen molar-refractivity contribution in [3.05, 3.63) is 29.8 Å². The molecule has 1 aromatic rings. The molecule has 24 heavy (non-hydrogen) atoms. The van der Waals surface area contributed by atoms with Crippen LogP contribution in [-0.2, 0) is 16.0 Å². The van der Waals surface area contributed by atoms with Crippen LogP contribution in [0.5, 0.6) is 5.75 Å². The number of likely N-dealkylation sites (N-methyl/N-ethyl adjacent to an activating group) is 1. The fourth-order valence-electron chi connectivity index (χ4n) is 2.58. The SMILES string of the molecule is CCN(C[C@@H](O)COc1ccc(CCOC)cc1)C(=O)CC1CC1. The number of benzene rings is 1. The lowest BCUT2D eigenvalue weighted by molar-refractivity contribution is -0.133. The first-order chi connectivity index (χ1) is 11.6. The second-order valence-corrected chi connectivity index (χ2v) is 6.43. The molecule has 0 unspecified atom stereocenters. The van der Waals surface area contributed by atoms with Gasteiger partial charge in [-0.15, -0.1) is 0 Å². The molecule has 1 saturated carbocycles. The van der Waals surface area contributed by atoms with Crippen molar-refractivity contribution in [3.8, 4) is 5.75 Å². The van der Waals surface area contributed by atoms with Crippen LogP contribution >= 0.6 is 0 Å². The van der Waals surface area contributed by atoms with E-state index in [4.69, 9.17) is 9.47 Å². The maximum absolute atomic E-state index is 12.1. The summed E-state index contributed by atoms with van der Waals surface area (Å²) in [7, 11) is 1.69. The van der Waals surface area contributed by atoms with E-state index in [9.17, 15) is 9.90 Å². The number of amides is 1. The smallest absolute Gasteiger partial charge is 0.222 e. The molecule has 0 heterocycles. The molecule has 0 saturated heterocycles. The molecule has 1 amide bonds. The highest BCUT2D eigenvalue weighted by atomic mass is 16.5. The summed E-state index contributed by atoms with van der Waals surface area (Å²) in [4.78, 5) is 13.8. The summed E-state index contributed by atoms with van der Waals surface area (Å²) in [5.74, 6) is 1.43. The third-order valence-corrected chi connectivity index (χ3v) is 4.29. The van der Waals surface area contributed by atoms with E-state index in [1.165, 1.54) is 5.56 Å². The fraction of sp³-hybridized carbons (Fsp3) is 0.632. The summed E-state index contributed by atoms with van der Waals surface area (Å²) in [5.41, 5.74) is 1.19. The van der Waals surface area contributed by atoms with Crippen molar-refractivity contribution in [2.45, 2.75) is 38.7 Å². The molecule has 5 nitrogen and oxygen atoms in total. The summed E-state index contributed by atoms with van der Waals surface area (Å²) in [6.45, 7) is 3.77. The molecule has 5 heteroatoms. The standard InChI is InChI=1S/C19H29NO4/c1-3-20(19(22)12-16-4-5-16)13-17(21)14-24-18-8-6-15(7-9-18)10-11-23-2/h6-9,16-17,21H,3-5,10-14H2,1-2H3/t17-/m1/s1. The maximum atomic E-state index is 12.1. The van der Waals surface area contributed by atoms with E-state index in [0.717, 1.165) is 25.0 Å². The van der Waals surface area contributed by atoms with E-state index in [1.807, 2.05) is 31.2 Å². The quantitative estimate of drug-likeness (QED) is 0.674. The van der Waals surface area contributed by atoms with Gasteiger partial charge in [-0.25, -0.2) is 0 Å². The predicted molar refractivity (Wildman–Crippen MR) is 93.1 cm³/mol. The van der Waals surface area contributed by atoms with Crippen LogP contribution in [-0.4, -0.2) is 55.4 Å². The van der Waals surface area contributed by atoms with Gasteiger partial charge in [0.2, 0.25) is 5.91 Å². The Morgan fingerprint density at radius 2 is 2.04 bits per heavy atom. The normalized spacial score (nSPS) is 15.1. The molecule has 1 aliphatic rings. The lowest BCUT2D eigenvalue weighted by Crippen LogP contribution is -2.39. The van der Waals surface area contributed by atoms with E-state index in [-0.39, 0.29) is 12.5 Å². The molecule has 0 bridgehead atoms. The average molecular weight is 335 g/mol. The second-order valence-electron chi connectivity index (χ2n) is 6.43. The number of carbonyl (C=O) groups is 1. The zero-order chi connectivity index (χ0) is 17.4. The Hall–Kier alpha value is -1.59. The number of hydrogen-bond donors (Lipinski definition) is 1. The minimum absolute atomic E-state index is 0.140. The van der Waals surface area contributed by atoms with E-state index >= 15 is 0 Å². The average Bonchev–Trinajstić information content (AvgIpc) is 3.40. The van der Waals surface area contributed by atoms with E-state index in [2.05, 4.69) is 0 Å². The number of hydrogen-bond acceptors (Lipinski definition) is 4. The van der Waals surface area contributed by atoms with Crippen LogP contribution in [0.25, 0.3) is 0 Å². The van der Waals surface area contributed by atoms with Crippen LogP contribution in [0, 0.1) is 5.92 Å². The molecule has 0 aromatic heterocycles. The van der Waals surface area contributed by atoms with Crippen LogP contribution in [0.2, 0.25) is 0 Å². The number of rotatable bonds is 11. The fourth-order valence-corrected chi connectivity index (χ4v) is 2.58. The molecule has 1 N–H and O–H groups in total. The topological polar surface area (TPSA) is 59.0 Å². The van der Waals surface area contributed by atoms with Crippen molar-refractivity contribution in [2.24, 2.45) is 5.92 Å². The van der Waals surface area contributed by atoms with Crippen molar-refractivity contribution >= 4 is 5.91 Å². The first-order valence-electron chi connectivity index (χ1n) is 8.78. The summed E-state index contributed by atoms with van der Waals surface area (Å²) >= 11 is 0. The van der Waals surface area contributed by atoms with Crippen molar-refractivity contribution in [2.75, 3.05) is 33.4 Å². The van der Waals surface area contributed by atoms with Crippen molar-refractivity contribution in [1.29, 1.82) is 0 Å². The predicted octanol–water partition coefficient (Wildman–Crippen LogP) is 2.26. The van der Waals surface area contributed by atoms with Gasteiger partial charge in [-0.2, -0.15) is 0 Å². The van der Waals surface area contributed by atoms with Gasteiger partial charge in [0.25, 0.3) is 0 Å². The van der Waals surface area contributed by atoms with Crippen LogP contribution in [0.3, 0.4) is 0 Å². The Balaban J connectivity index is 1.72. The van der Waals surface area contributed by atoms with Crippen LogP contribution < -0.4 is 4.74 Å². The Bertz CT molecular complexity index is 499. The van der Waals surface area contributed by atoms with Gasteiger partial charge in [0.15, 0.2) is 0 Å². The summed E-state index contributed by atoms with van der Waals surface area (Å²) in [5, 5.41) is 10.1. The highest BCUT2D eigenvalue weighted by Crippen LogP contribution is 2.32. The van der Waals surface area contributed by atoms with Crippen LogP contribution in [0.4, 0.5) is 0 Å². The lowest BCUT2D eigenvalue weighted by Gasteiger charge is -2.24. The number of nitrogens with zero attached hydrogens (tertiary/aromatic N) is 1. The third kappa shape index (κ3) is 6.49. The highest BCUT2D eigenvalue weighted by Gasteiger charge is 2.27. The first kappa shape index (κ1) is 18.7. The van der Waals surface area contributed by atoms with Gasteiger partial charge in [0.1, 0.15) is 18.5 Å². The van der Waals surface area contributed by atoms with E-state index in [0.29, 0.717) is 32.0 Å². The molecule has 0 spiro atoms. The molecule has 0 radical (unpaired) electrons. The zero-order valence-corrected chi connectivity index (χ0v) is 14.7. The van der Waals surface area contributed by atoms with Gasteiger partial charge in [-0.1, -0.05) is 12.1 Å². The van der Waals surface area contributed by atoms with Gasteiger partial charge in [-0.05, 0) is 49.8 Å². The molecule has 1 fully saturated rings. The van der Waals surface area contributed by atoms with E-state index < -0.39 is 6.10 Å². The molecule has 1 aromatic carbocycles. The van der Waals surface area contributed by atoms with Crippen molar-refractivity contribution in [1.82, 2.24) is 4.90 Å². The second kappa shape index (κ2) is 9.64. The lowest BCUT2D eigenvalue weighted by atomic mass is 10.1. The Morgan fingerprint density at radius 3 is 2.62 bits per heavy atom. The van der Waals surface area contributed by atoms with E-state index in [1.54, 1.807) is 12.0 Å². The third-order valence-electron chi connectivity index (χ3n) is 4.29. The van der Waals surface area contributed by atoms with Crippen LogP contribution in [0.15, 0.2) is 24.3 Å². The first-order valence-corrected chi connectivity index (χ1v) is 8.78. The number of aliphatic hydroxyl groups is 1. The van der Waals surface area contributed by atoms with Gasteiger partial charge in [0.05, 0.1) is 6.61 Å². The Kier molecular flexibility index (Phi) is 7.53. The summed E-state index contributed by atoms with van der Waals surface area (Å²) in [6, 6.07) is 7.79. The Morgan fingerprint density at radius 1 is 1.33 bits per heavy atom. The monoisotopic (exact) mass is 335 g/mol. The van der Waals surface area contributed by atoms with Crippen molar-refractivity contribution in [3.63, 3.8) is 0 Å². The summed E-state index contributed by atoms with van der Waals surface area (Å²) < 4.78 is 10.7. The van der Waals surface area contributed by atoms with Gasteiger partial charge in [0, 0.05) is 26.6 Å². The van der Waals surface area contributed by atoms with Gasteiger partial charge in [-0.3, -0.25) is 4.79 Å². The van der Waals surface area contributed by atoms with Crippen LogP contribution in [0.1, 0.15) is 31.7 Å². The van der Waals surface area contributed by atoms with Crippen molar-refractivity contribution < 1.29 is 19.4 Å². The minimum Gasteiger partial charge on any atom is -0.491 e. The number of ether oxygens (including phenoxy) is 2. The molecular weight excluding hydrogens is 306 g/mol. The molecule has 2 rings (SSSR count). The molecule has 1 atom stereocenters. The number of methoxy groups -OCH3 is 1. The number of aliphatic hydroxyl groups excluding tert-OH is 1. The Labute approximate surface area is 144 Å². The highest BCUT2D eigenvalue weighted by molar-refractivity contribution is 5.76. The van der Waals surface area contributed by atoms with Gasteiger partial charge < -0.3 is 19.5 Å². The molecule has 134 valence electrons. The summed E-state index contributed by atoms with van der Waals surface area (Å²) in [6.07, 6.45) is 3.13. The zero-order valence-electron chi connectivity index (χ0n) is 14.7. The minimum atomic E-state index is -0.679. The largest absolute Gasteiger partial charge is 0.491 e. The molecular formula is C19H29NO4. The molecule has 1 aliphatic carbocycles. The number of carbonyl (C=O) groups excluding carboxylic acids is 1.